The fraction of sp³-hybridized carbons (Fsp3) is 0.538. The number of hydrogen-bond acceptors (Lipinski definition) is 1. The third kappa shape index (κ3) is 4.00. The quantitative estimate of drug-likeness (QED) is 0.700. The van der Waals surface area contributed by atoms with Crippen LogP contribution in [0.1, 0.15) is 44.8 Å². The van der Waals surface area contributed by atoms with E-state index in [9.17, 15) is 5.11 Å². The summed E-state index contributed by atoms with van der Waals surface area (Å²) in [6, 6.07) is 6.07. The molecule has 1 unspecified atom stereocenters. The van der Waals surface area contributed by atoms with Gasteiger partial charge in [0.25, 0.3) is 0 Å². The van der Waals surface area contributed by atoms with Crippen molar-refractivity contribution in [2.75, 3.05) is 0 Å². The summed E-state index contributed by atoms with van der Waals surface area (Å²) < 4.78 is 2.17. The van der Waals surface area contributed by atoms with Crippen LogP contribution < -0.4 is 0 Å². The second-order valence-electron chi connectivity index (χ2n) is 4.10. The molecule has 0 saturated heterocycles. The summed E-state index contributed by atoms with van der Waals surface area (Å²) in [6.07, 6.45) is 2.80. The first-order valence-corrected chi connectivity index (χ1v) is 7.58. The summed E-state index contributed by atoms with van der Waals surface area (Å²) >= 11 is 5.73. The molecule has 0 spiro atoms. The van der Waals surface area contributed by atoms with E-state index >= 15 is 0 Å². The fourth-order valence-corrected chi connectivity index (χ4v) is 2.91. The van der Waals surface area contributed by atoms with E-state index in [1.807, 2.05) is 18.2 Å². The average molecular weight is 397 g/mol. The van der Waals surface area contributed by atoms with Gasteiger partial charge in [0.15, 0.2) is 0 Å². The van der Waals surface area contributed by atoms with Crippen molar-refractivity contribution in [3.8, 4) is 0 Å². The monoisotopic (exact) mass is 396 g/mol. The number of hydrogen-bond donors (Lipinski definition) is 1. The summed E-state index contributed by atoms with van der Waals surface area (Å²) in [5.74, 6) is 0.616. The summed E-state index contributed by atoms with van der Waals surface area (Å²) in [5, 5.41) is 10.2. The predicted molar refractivity (Wildman–Crippen MR) is 80.5 cm³/mol. The van der Waals surface area contributed by atoms with Gasteiger partial charge in [-0.3, -0.25) is 0 Å². The molecule has 1 atom stereocenters. The van der Waals surface area contributed by atoms with Crippen molar-refractivity contribution in [3.63, 3.8) is 0 Å². The topological polar surface area (TPSA) is 20.2 Å². The Morgan fingerprint density at radius 2 is 1.94 bits per heavy atom. The normalized spacial score (nSPS) is 13.1. The standard InChI is InChI=1S/C13H18BrIO/c1-3-9(4-2)7-13(16)11-8-10(14)5-6-12(11)15/h5-6,8-9,13,16H,3-4,7H2,1-2H3. The van der Waals surface area contributed by atoms with Crippen LogP contribution in [0.5, 0.6) is 0 Å². The average Bonchev–Trinajstić information content (AvgIpc) is 2.28. The Bertz CT molecular complexity index is 337. The molecule has 0 saturated carbocycles. The number of rotatable bonds is 5. The number of aliphatic hydroxyl groups is 1. The van der Waals surface area contributed by atoms with E-state index in [1.165, 1.54) is 0 Å². The van der Waals surface area contributed by atoms with Crippen LogP contribution in [0.2, 0.25) is 0 Å². The molecule has 0 heterocycles. The first-order chi connectivity index (χ1) is 7.58. The van der Waals surface area contributed by atoms with E-state index in [4.69, 9.17) is 0 Å². The third-order valence-corrected chi connectivity index (χ3v) is 4.50. The summed E-state index contributed by atoms with van der Waals surface area (Å²) in [7, 11) is 0. The van der Waals surface area contributed by atoms with Crippen molar-refractivity contribution in [2.45, 2.75) is 39.2 Å². The van der Waals surface area contributed by atoms with Crippen LogP contribution in [-0.4, -0.2) is 5.11 Å². The highest BCUT2D eigenvalue weighted by atomic mass is 127. The third-order valence-electron chi connectivity index (χ3n) is 3.03. The van der Waals surface area contributed by atoms with E-state index in [1.54, 1.807) is 0 Å². The highest BCUT2D eigenvalue weighted by Gasteiger charge is 2.15. The van der Waals surface area contributed by atoms with Gasteiger partial charge in [-0.2, -0.15) is 0 Å². The van der Waals surface area contributed by atoms with Crippen LogP contribution in [0.3, 0.4) is 0 Å². The predicted octanol–water partition coefficient (Wildman–Crippen LogP) is 4.91. The van der Waals surface area contributed by atoms with Crippen molar-refractivity contribution in [1.29, 1.82) is 0 Å². The van der Waals surface area contributed by atoms with Gasteiger partial charge in [0.05, 0.1) is 6.10 Å². The lowest BCUT2D eigenvalue weighted by atomic mass is 9.93. The Hall–Kier alpha value is 0.390. The number of halogens is 2. The molecule has 0 radical (unpaired) electrons. The zero-order valence-corrected chi connectivity index (χ0v) is 13.5. The maximum Gasteiger partial charge on any atom is 0.0803 e. The van der Waals surface area contributed by atoms with E-state index in [2.05, 4.69) is 52.4 Å². The van der Waals surface area contributed by atoms with Gasteiger partial charge in [-0.1, -0.05) is 42.6 Å². The van der Waals surface area contributed by atoms with E-state index < -0.39 is 0 Å². The molecule has 90 valence electrons. The lowest BCUT2D eigenvalue weighted by Gasteiger charge is -2.19. The largest absolute Gasteiger partial charge is 0.388 e. The smallest absolute Gasteiger partial charge is 0.0803 e. The molecule has 0 aliphatic rings. The minimum absolute atomic E-state index is 0.339. The van der Waals surface area contributed by atoms with Crippen LogP contribution >= 0.6 is 38.5 Å². The highest BCUT2D eigenvalue weighted by molar-refractivity contribution is 14.1. The van der Waals surface area contributed by atoms with E-state index in [0.29, 0.717) is 5.92 Å². The summed E-state index contributed by atoms with van der Waals surface area (Å²) in [4.78, 5) is 0. The van der Waals surface area contributed by atoms with Crippen LogP contribution in [0.25, 0.3) is 0 Å². The van der Waals surface area contributed by atoms with Crippen LogP contribution in [0, 0.1) is 9.49 Å². The SMILES string of the molecule is CCC(CC)CC(O)c1cc(Br)ccc1I. The minimum atomic E-state index is -0.339. The maximum atomic E-state index is 10.2. The van der Waals surface area contributed by atoms with Crippen LogP contribution in [0.4, 0.5) is 0 Å². The van der Waals surface area contributed by atoms with Gasteiger partial charge in [-0.25, -0.2) is 0 Å². The van der Waals surface area contributed by atoms with Crippen molar-refractivity contribution in [2.24, 2.45) is 5.92 Å². The van der Waals surface area contributed by atoms with Crippen molar-refractivity contribution < 1.29 is 5.11 Å². The highest BCUT2D eigenvalue weighted by Crippen LogP contribution is 2.30. The van der Waals surface area contributed by atoms with Gasteiger partial charge in [-0.05, 0) is 58.7 Å². The molecule has 0 fully saturated rings. The van der Waals surface area contributed by atoms with Crippen LogP contribution in [0.15, 0.2) is 22.7 Å². The summed E-state index contributed by atoms with van der Waals surface area (Å²) in [5.41, 5.74) is 1.04. The Labute approximate surface area is 120 Å². The summed E-state index contributed by atoms with van der Waals surface area (Å²) in [6.45, 7) is 4.37. The molecular weight excluding hydrogens is 379 g/mol. The molecule has 0 aliphatic carbocycles. The molecule has 0 aromatic heterocycles. The van der Waals surface area contributed by atoms with Gasteiger partial charge in [0.2, 0.25) is 0 Å². The van der Waals surface area contributed by atoms with Gasteiger partial charge in [-0.15, -0.1) is 0 Å². The molecule has 0 amide bonds. The lowest BCUT2D eigenvalue weighted by Crippen LogP contribution is -2.07. The molecule has 1 nitrogen and oxygen atoms in total. The Morgan fingerprint density at radius 1 is 1.31 bits per heavy atom. The van der Waals surface area contributed by atoms with E-state index in [0.717, 1.165) is 32.9 Å². The second-order valence-corrected chi connectivity index (χ2v) is 6.18. The van der Waals surface area contributed by atoms with Crippen molar-refractivity contribution >= 4 is 38.5 Å². The molecule has 1 aromatic carbocycles. The zero-order chi connectivity index (χ0) is 12.1. The van der Waals surface area contributed by atoms with Crippen LogP contribution in [-0.2, 0) is 0 Å². The van der Waals surface area contributed by atoms with Gasteiger partial charge in [0.1, 0.15) is 0 Å². The van der Waals surface area contributed by atoms with Crippen molar-refractivity contribution in [3.05, 3.63) is 31.8 Å². The maximum absolute atomic E-state index is 10.2. The minimum Gasteiger partial charge on any atom is -0.388 e. The Balaban J connectivity index is 2.79. The van der Waals surface area contributed by atoms with Gasteiger partial charge >= 0.3 is 0 Å². The lowest BCUT2D eigenvalue weighted by molar-refractivity contribution is 0.140. The number of aliphatic hydroxyl groups excluding tert-OH is 1. The molecule has 1 rings (SSSR count). The Kier molecular flexibility index (Phi) is 6.29. The van der Waals surface area contributed by atoms with Gasteiger partial charge in [0, 0.05) is 8.04 Å². The number of benzene rings is 1. The molecule has 3 heteroatoms. The molecule has 0 aliphatic heterocycles. The molecule has 0 bridgehead atoms. The molecular formula is C13H18BrIO. The first kappa shape index (κ1) is 14.5. The molecule has 1 N–H and O–H groups in total. The van der Waals surface area contributed by atoms with E-state index in [-0.39, 0.29) is 6.10 Å². The second kappa shape index (κ2) is 6.97. The zero-order valence-electron chi connectivity index (χ0n) is 9.71. The van der Waals surface area contributed by atoms with Crippen molar-refractivity contribution in [1.82, 2.24) is 0 Å². The molecule has 1 aromatic rings. The Morgan fingerprint density at radius 3 is 2.50 bits per heavy atom. The van der Waals surface area contributed by atoms with Gasteiger partial charge < -0.3 is 5.11 Å². The first-order valence-electron chi connectivity index (χ1n) is 5.71. The fourth-order valence-electron chi connectivity index (χ4n) is 1.83. The molecule has 16 heavy (non-hydrogen) atoms.